The Labute approximate surface area is 124 Å². The maximum Gasteiger partial charge on any atom is 0.235 e. The van der Waals surface area contributed by atoms with Crippen LogP contribution in [0.15, 0.2) is 54.6 Å². The molecular formula is C17H19FN2O. The van der Waals surface area contributed by atoms with Crippen molar-refractivity contribution < 1.29 is 9.18 Å². The summed E-state index contributed by atoms with van der Waals surface area (Å²) >= 11 is 0. The highest BCUT2D eigenvalue weighted by Gasteiger charge is 2.24. The third kappa shape index (κ3) is 3.47. The smallest absolute Gasteiger partial charge is 0.235 e. The fraction of sp³-hybridized carbons (Fsp3) is 0.235. The molecule has 2 aromatic rings. The van der Waals surface area contributed by atoms with E-state index in [9.17, 15) is 9.18 Å². The molecule has 0 aliphatic rings. The molecule has 21 heavy (non-hydrogen) atoms. The molecule has 0 aliphatic heterocycles. The lowest BCUT2D eigenvalue weighted by atomic mass is 9.97. The summed E-state index contributed by atoms with van der Waals surface area (Å²) in [5.41, 5.74) is 7.21. The molecule has 0 bridgehead atoms. The first kappa shape index (κ1) is 15.2. The van der Waals surface area contributed by atoms with Crippen molar-refractivity contribution in [1.82, 2.24) is 0 Å². The molecule has 1 atom stereocenters. The number of carbonyl (C=O) groups excluding carboxylic acids is 1. The van der Waals surface area contributed by atoms with Gasteiger partial charge in [-0.1, -0.05) is 36.4 Å². The average Bonchev–Trinajstić information content (AvgIpc) is 2.50. The lowest BCUT2D eigenvalue weighted by molar-refractivity contribution is -0.119. The van der Waals surface area contributed by atoms with E-state index in [0.29, 0.717) is 12.2 Å². The van der Waals surface area contributed by atoms with Crippen molar-refractivity contribution in [3.05, 3.63) is 66.0 Å². The predicted octanol–water partition coefficient (Wildman–Crippen LogP) is 2.92. The summed E-state index contributed by atoms with van der Waals surface area (Å²) in [5, 5.41) is 0. The normalized spacial score (nSPS) is 12.0. The van der Waals surface area contributed by atoms with Crippen LogP contribution in [0.4, 0.5) is 10.1 Å². The molecule has 0 radical (unpaired) electrons. The number of benzene rings is 2. The summed E-state index contributed by atoms with van der Waals surface area (Å²) in [7, 11) is 0. The molecule has 0 saturated carbocycles. The first-order valence-electron chi connectivity index (χ1n) is 6.99. The van der Waals surface area contributed by atoms with Gasteiger partial charge in [0.2, 0.25) is 5.91 Å². The van der Waals surface area contributed by atoms with Crippen molar-refractivity contribution >= 4 is 11.6 Å². The molecule has 3 nitrogen and oxygen atoms in total. The van der Waals surface area contributed by atoms with E-state index in [1.807, 2.05) is 37.3 Å². The number of hydrogen-bond acceptors (Lipinski definition) is 2. The lowest BCUT2D eigenvalue weighted by Crippen LogP contribution is -2.38. The third-order valence-corrected chi connectivity index (χ3v) is 3.44. The number of halogens is 1. The van der Waals surface area contributed by atoms with E-state index in [4.69, 9.17) is 5.73 Å². The van der Waals surface area contributed by atoms with Crippen LogP contribution in [0.3, 0.4) is 0 Å². The molecule has 2 N–H and O–H groups in total. The quantitative estimate of drug-likeness (QED) is 0.918. The van der Waals surface area contributed by atoms with Crippen LogP contribution < -0.4 is 10.6 Å². The molecule has 110 valence electrons. The first-order chi connectivity index (χ1) is 10.2. The molecule has 0 spiro atoms. The Morgan fingerprint density at radius 3 is 2.48 bits per heavy atom. The Kier molecular flexibility index (Phi) is 5.06. The number of amides is 1. The van der Waals surface area contributed by atoms with Gasteiger partial charge in [-0.25, -0.2) is 4.39 Å². The minimum absolute atomic E-state index is 0.114. The minimum Gasteiger partial charge on any atom is -0.329 e. The van der Waals surface area contributed by atoms with Crippen molar-refractivity contribution in [3.63, 3.8) is 0 Å². The zero-order chi connectivity index (χ0) is 15.2. The molecule has 0 saturated heterocycles. The van der Waals surface area contributed by atoms with Crippen LogP contribution in [0.25, 0.3) is 0 Å². The first-order valence-corrected chi connectivity index (χ1v) is 6.99. The standard InChI is InChI=1S/C17H19FN2O/c1-2-20(15-10-6-9-14(18)11-15)17(21)16(12-19)13-7-4-3-5-8-13/h3-11,16H,2,12,19H2,1H3. The highest BCUT2D eigenvalue weighted by molar-refractivity contribution is 5.98. The van der Waals surface area contributed by atoms with E-state index >= 15 is 0 Å². The van der Waals surface area contributed by atoms with Crippen LogP contribution in [0.2, 0.25) is 0 Å². The Morgan fingerprint density at radius 1 is 1.19 bits per heavy atom. The van der Waals surface area contributed by atoms with Gasteiger partial charge in [0.25, 0.3) is 0 Å². The second-order valence-electron chi connectivity index (χ2n) is 4.76. The highest BCUT2D eigenvalue weighted by Crippen LogP contribution is 2.22. The van der Waals surface area contributed by atoms with Gasteiger partial charge >= 0.3 is 0 Å². The van der Waals surface area contributed by atoms with Gasteiger partial charge in [0.15, 0.2) is 0 Å². The molecule has 0 aromatic heterocycles. The summed E-state index contributed by atoms with van der Waals surface area (Å²) in [6.07, 6.45) is 0. The maximum absolute atomic E-state index is 13.4. The average molecular weight is 286 g/mol. The van der Waals surface area contributed by atoms with Crippen molar-refractivity contribution in [2.45, 2.75) is 12.8 Å². The minimum atomic E-state index is -0.422. The number of hydrogen-bond donors (Lipinski definition) is 1. The van der Waals surface area contributed by atoms with E-state index in [2.05, 4.69) is 0 Å². The fourth-order valence-electron chi connectivity index (χ4n) is 2.36. The Bertz CT molecular complexity index is 601. The van der Waals surface area contributed by atoms with Crippen LogP contribution in [-0.2, 0) is 4.79 Å². The lowest BCUT2D eigenvalue weighted by Gasteiger charge is -2.26. The molecule has 2 aromatic carbocycles. The van der Waals surface area contributed by atoms with Gasteiger partial charge < -0.3 is 10.6 Å². The van der Waals surface area contributed by atoms with Crippen LogP contribution in [0.1, 0.15) is 18.4 Å². The molecule has 4 heteroatoms. The number of nitrogens with zero attached hydrogens (tertiary/aromatic N) is 1. The summed E-state index contributed by atoms with van der Waals surface area (Å²) in [5.74, 6) is -0.894. The van der Waals surface area contributed by atoms with Gasteiger partial charge in [-0.15, -0.1) is 0 Å². The van der Waals surface area contributed by atoms with Gasteiger partial charge in [-0.3, -0.25) is 4.79 Å². The fourth-order valence-corrected chi connectivity index (χ4v) is 2.36. The molecule has 0 heterocycles. The monoisotopic (exact) mass is 286 g/mol. The van der Waals surface area contributed by atoms with Crippen molar-refractivity contribution in [3.8, 4) is 0 Å². The van der Waals surface area contributed by atoms with E-state index in [1.54, 1.807) is 17.0 Å². The number of rotatable bonds is 5. The second kappa shape index (κ2) is 6.99. The van der Waals surface area contributed by atoms with E-state index in [0.717, 1.165) is 5.56 Å². The van der Waals surface area contributed by atoms with Gasteiger partial charge in [-0.05, 0) is 30.7 Å². The summed E-state index contributed by atoms with van der Waals surface area (Å²) in [6.45, 7) is 2.54. The van der Waals surface area contributed by atoms with Crippen molar-refractivity contribution in [2.24, 2.45) is 5.73 Å². The van der Waals surface area contributed by atoms with Crippen LogP contribution in [0, 0.1) is 5.82 Å². The maximum atomic E-state index is 13.4. The Morgan fingerprint density at radius 2 is 1.90 bits per heavy atom. The van der Waals surface area contributed by atoms with E-state index in [1.165, 1.54) is 12.1 Å². The van der Waals surface area contributed by atoms with Crippen LogP contribution in [-0.4, -0.2) is 19.0 Å². The largest absolute Gasteiger partial charge is 0.329 e. The number of anilines is 1. The number of carbonyl (C=O) groups is 1. The van der Waals surface area contributed by atoms with E-state index in [-0.39, 0.29) is 18.3 Å². The second-order valence-corrected chi connectivity index (χ2v) is 4.76. The molecule has 0 aliphatic carbocycles. The molecule has 1 unspecified atom stereocenters. The topological polar surface area (TPSA) is 46.3 Å². The van der Waals surface area contributed by atoms with Gasteiger partial charge in [-0.2, -0.15) is 0 Å². The molecule has 2 rings (SSSR count). The van der Waals surface area contributed by atoms with Crippen LogP contribution >= 0.6 is 0 Å². The van der Waals surface area contributed by atoms with Crippen LogP contribution in [0.5, 0.6) is 0 Å². The zero-order valence-corrected chi connectivity index (χ0v) is 12.0. The number of likely N-dealkylation sites (N-methyl/N-ethyl adjacent to an activating group) is 1. The van der Waals surface area contributed by atoms with Gasteiger partial charge in [0.1, 0.15) is 5.82 Å². The molecule has 1 amide bonds. The third-order valence-electron chi connectivity index (χ3n) is 3.44. The molecular weight excluding hydrogens is 267 g/mol. The van der Waals surface area contributed by atoms with Crippen molar-refractivity contribution in [1.29, 1.82) is 0 Å². The molecule has 0 fully saturated rings. The summed E-state index contributed by atoms with van der Waals surface area (Å²) in [6, 6.07) is 15.5. The van der Waals surface area contributed by atoms with Gasteiger partial charge in [0, 0.05) is 18.8 Å². The Hall–Kier alpha value is -2.20. The van der Waals surface area contributed by atoms with Crippen molar-refractivity contribution in [2.75, 3.05) is 18.0 Å². The summed E-state index contributed by atoms with van der Waals surface area (Å²) in [4.78, 5) is 14.3. The van der Waals surface area contributed by atoms with Gasteiger partial charge in [0.05, 0.1) is 5.92 Å². The SMILES string of the molecule is CCN(C(=O)C(CN)c1ccccc1)c1cccc(F)c1. The predicted molar refractivity (Wildman–Crippen MR) is 82.7 cm³/mol. The number of nitrogens with two attached hydrogens (primary N) is 1. The van der Waals surface area contributed by atoms with E-state index < -0.39 is 5.92 Å². The summed E-state index contributed by atoms with van der Waals surface area (Å²) < 4.78 is 13.4. The Balaban J connectivity index is 2.31. The zero-order valence-electron chi connectivity index (χ0n) is 12.0. The highest BCUT2D eigenvalue weighted by atomic mass is 19.1.